The van der Waals surface area contributed by atoms with Crippen LogP contribution in [0.2, 0.25) is 0 Å². The molecule has 0 saturated carbocycles. The number of benzene rings is 2. The number of hydrogen-bond acceptors (Lipinski definition) is 4. The van der Waals surface area contributed by atoms with Gasteiger partial charge in [-0.05, 0) is 37.1 Å². The van der Waals surface area contributed by atoms with Gasteiger partial charge in [0.05, 0.1) is 20.0 Å². The second-order valence-corrected chi connectivity index (χ2v) is 7.51. The van der Waals surface area contributed by atoms with Gasteiger partial charge in [-0.15, -0.1) is 0 Å². The first-order chi connectivity index (χ1) is 11.3. The number of sulfonamides is 1. The van der Waals surface area contributed by atoms with Crippen LogP contribution >= 0.6 is 0 Å². The minimum absolute atomic E-state index is 0.0570. The molecular formula is C18H23NO4S. The Bertz CT molecular complexity index is 799. The number of nitrogens with one attached hydrogen (secondary N) is 1. The van der Waals surface area contributed by atoms with Gasteiger partial charge in [0.15, 0.2) is 0 Å². The third kappa shape index (κ3) is 4.72. The van der Waals surface area contributed by atoms with Crippen molar-refractivity contribution in [3.63, 3.8) is 0 Å². The Morgan fingerprint density at radius 2 is 1.58 bits per heavy atom. The molecule has 0 unspecified atom stereocenters. The van der Waals surface area contributed by atoms with Crippen LogP contribution in [0.25, 0.3) is 0 Å². The molecule has 0 heterocycles. The Labute approximate surface area is 143 Å². The van der Waals surface area contributed by atoms with E-state index in [9.17, 15) is 8.42 Å². The lowest BCUT2D eigenvalue weighted by Crippen LogP contribution is -2.25. The first-order valence-corrected chi connectivity index (χ1v) is 9.24. The summed E-state index contributed by atoms with van der Waals surface area (Å²) in [5.41, 5.74) is 3.51. The molecule has 6 heteroatoms. The highest BCUT2D eigenvalue weighted by atomic mass is 32.2. The molecule has 24 heavy (non-hydrogen) atoms. The monoisotopic (exact) mass is 349 g/mol. The highest BCUT2D eigenvalue weighted by Gasteiger charge is 2.14. The molecule has 130 valence electrons. The number of aryl methyl sites for hydroxylation is 2. The fourth-order valence-corrected chi connectivity index (χ4v) is 3.50. The van der Waals surface area contributed by atoms with E-state index in [1.54, 1.807) is 20.3 Å². The number of rotatable bonds is 7. The van der Waals surface area contributed by atoms with Gasteiger partial charge < -0.3 is 9.47 Å². The molecule has 0 aromatic heterocycles. The number of methoxy groups -OCH3 is 2. The van der Waals surface area contributed by atoms with Crippen molar-refractivity contribution in [3.8, 4) is 11.5 Å². The first-order valence-electron chi connectivity index (χ1n) is 7.59. The summed E-state index contributed by atoms with van der Waals surface area (Å²) in [4.78, 5) is 0. The van der Waals surface area contributed by atoms with E-state index in [-0.39, 0.29) is 12.3 Å². The SMILES string of the molecule is COc1cc(CNS(=O)(=O)Cc2ccc(C)cc2)c(OC)cc1C. The molecule has 0 atom stereocenters. The number of hydrogen-bond donors (Lipinski definition) is 1. The molecule has 0 fully saturated rings. The Hall–Kier alpha value is -2.05. The highest BCUT2D eigenvalue weighted by molar-refractivity contribution is 7.88. The molecule has 0 radical (unpaired) electrons. The van der Waals surface area contributed by atoms with E-state index in [0.717, 1.165) is 22.3 Å². The molecule has 2 rings (SSSR count). The zero-order valence-electron chi connectivity index (χ0n) is 14.4. The van der Waals surface area contributed by atoms with E-state index in [2.05, 4.69) is 4.72 Å². The Balaban J connectivity index is 2.12. The lowest BCUT2D eigenvalue weighted by molar-refractivity contribution is 0.396. The van der Waals surface area contributed by atoms with Crippen LogP contribution < -0.4 is 14.2 Å². The lowest BCUT2D eigenvalue weighted by Gasteiger charge is -2.14. The van der Waals surface area contributed by atoms with E-state index >= 15 is 0 Å². The van der Waals surface area contributed by atoms with Crippen LogP contribution in [0, 0.1) is 13.8 Å². The minimum atomic E-state index is -3.45. The molecule has 0 saturated heterocycles. The molecule has 5 nitrogen and oxygen atoms in total. The largest absolute Gasteiger partial charge is 0.496 e. The summed E-state index contributed by atoms with van der Waals surface area (Å²) in [6.07, 6.45) is 0. The second-order valence-electron chi connectivity index (χ2n) is 5.70. The van der Waals surface area contributed by atoms with E-state index in [0.29, 0.717) is 11.5 Å². The van der Waals surface area contributed by atoms with Gasteiger partial charge >= 0.3 is 0 Å². The quantitative estimate of drug-likeness (QED) is 0.835. The molecule has 0 aliphatic carbocycles. The smallest absolute Gasteiger partial charge is 0.216 e. The van der Waals surface area contributed by atoms with Crippen LogP contribution in [-0.2, 0) is 22.3 Å². The van der Waals surface area contributed by atoms with Gasteiger partial charge in [-0.25, -0.2) is 13.1 Å². The average Bonchev–Trinajstić information content (AvgIpc) is 2.55. The first kappa shape index (κ1) is 18.3. The van der Waals surface area contributed by atoms with Crippen molar-refractivity contribution in [3.05, 3.63) is 58.7 Å². The van der Waals surface area contributed by atoms with Crippen molar-refractivity contribution < 1.29 is 17.9 Å². The van der Waals surface area contributed by atoms with Crippen LogP contribution in [0.4, 0.5) is 0 Å². The van der Waals surface area contributed by atoms with Gasteiger partial charge in [-0.1, -0.05) is 29.8 Å². The molecule has 0 amide bonds. The van der Waals surface area contributed by atoms with Crippen LogP contribution in [0.1, 0.15) is 22.3 Å². The highest BCUT2D eigenvalue weighted by Crippen LogP contribution is 2.28. The predicted octanol–water partition coefficient (Wildman–Crippen LogP) is 2.94. The summed E-state index contributed by atoms with van der Waals surface area (Å²) in [5.74, 6) is 1.27. The van der Waals surface area contributed by atoms with Crippen LogP contribution in [0.5, 0.6) is 11.5 Å². The molecule has 0 aliphatic heterocycles. The summed E-state index contributed by atoms with van der Waals surface area (Å²) < 4.78 is 37.8. The Morgan fingerprint density at radius 3 is 2.17 bits per heavy atom. The van der Waals surface area contributed by atoms with Crippen molar-refractivity contribution >= 4 is 10.0 Å². The van der Waals surface area contributed by atoms with E-state index in [4.69, 9.17) is 9.47 Å². The van der Waals surface area contributed by atoms with Crippen LogP contribution in [0.15, 0.2) is 36.4 Å². The fourth-order valence-electron chi connectivity index (χ4n) is 2.39. The topological polar surface area (TPSA) is 64.6 Å². The van der Waals surface area contributed by atoms with Gasteiger partial charge in [-0.2, -0.15) is 0 Å². The van der Waals surface area contributed by atoms with Crippen LogP contribution in [-0.4, -0.2) is 22.6 Å². The van der Waals surface area contributed by atoms with Crippen molar-refractivity contribution in [2.75, 3.05) is 14.2 Å². The van der Waals surface area contributed by atoms with E-state index in [1.165, 1.54) is 0 Å². The number of ether oxygens (including phenoxy) is 2. The fraction of sp³-hybridized carbons (Fsp3) is 0.333. The summed E-state index contributed by atoms with van der Waals surface area (Å²) in [6, 6.07) is 11.1. The van der Waals surface area contributed by atoms with Gasteiger partial charge in [0.2, 0.25) is 10.0 Å². The molecule has 1 N–H and O–H groups in total. The third-order valence-electron chi connectivity index (χ3n) is 3.76. The molecule has 2 aromatic carbocycles. The molecule has 0 aliphatic rings. The van der Waals surface area contributed by atoms with Crippen LogP contribution in [0.3, 0.4) is 0 Å². The molecule has 2 aromatic rings. The summed E-state index contributed by atoms with van der Waals surface area (Å²) in [5, 5.41) is 0. The van der Waals surface area contributed by atoms with Gasteiger partial charge in [0.25, 0.3) is 0 Å². The zero-order chi connectivity index (χ0) is 17.7. The van der Waals surface area contributed by atoms with Gasteiger partial charge in [0.1, 0.15) is 11.5 Å². The lowest BCUT2D eigenvalue weighted by atomic mass is 10.1. The standard InChI is InChI=1S/C18H23NO4S/c1-13-5-7-15(8-6-13)12-24(20,21)19-11-16-10-17(22-3)14(2)9-18(16)23-4/h5-10,19H,11-12H2,1-4H3. The van der Waals surface area contributed by atoms with E-state index in [1.807, 2.05) is 44.2 Å². The van der Waals surface area contributed by atoms with Gasteiger partial charge in [-0.3, -0.25) is 0 Å². The minimum Gasteiger partial charge on any atom is -0.496 e. The molecular weight excluding hydrogens is 326 g/mol. The zero-order valence-corrected chi connectivity index (χ0v) is 15.2. The second kappa shape index (κ2) is 7.68. The molecule has 0 bridgehead atoms. The van der Waals surface area contributed by atoms with Crippen molar-refractivity contribution in [2.45, 2.75) is 26.1 Å². The van der Waals surface area contributed by atoms with Crippen molar-refractivity contribution in [1.82, 2.24) is 4.72 Å². The summed E-state index contributed by atoms with van der Waals surface area (Å²) in [6.45, 7) is 4.02. The predicted molar refractivity (Wildman–Crippen MR) is 94.9 cm³/mol. The molecule has 0 spiro atoms. The van der Waals surface area contributed by atoms with Gasteiger partial charge in [0, 0.05) is 12.1 Å². The third-order valence-corrected chi connectivity index (χ3v) is 5.06. The maximum atomic E-state index is 12.3. The maximum Gasteiger partial charge on any atom is 0.216 e. The van der Waals surface area contributed by atoms with Crippen molar-refractivity contribution in [2.24, 2.45) is 0 Å². The summed E-state index contributed by atoms with van der Waals surface area (Å²) in [7, 11) is -0.302. The average molecular weight is 349 g/mol. The van der Waals surface area contributed by atoms with Crippen molar-refractivity contribution in [1.29, 1.82) is 0 Å². The van der Waals surface area contributed by atoms with E-state index < -0.39 is 10.0 Å². The maximum absolute atomic E-state index is 12.3. The Kier molecular flexibility index (Phi) is 5.85. The summed E-state index contributed by atoms with van der Waals surface area (Å²) >= 11 is 0. The normalized spacial score (nSPS) is 11.3. The Morgan fingerprint density at radius 1 is 0.958 bits per heavy atom.